The van der Waals surface area contributed by atoms with Gasteiger partial charge in [-0.15, -0.1) is 0 Å². The van der Waals surface area contributed by atoms with E-state index in [9.17, 15) is 9.59 Å². The number of benzene rings is 2. The van der Waals surface area contributed by atoms with Gasteiger partial charge >= 0.3 is 11.8 Å². The number of carbonyl (C=O) groups is 2. The van der Waals surface area contributed by atoms with Crippen molar-refractivity contribution < 1.29 is 18.8 Å². The second-order valence-corrected chi connectivity index (χ2v) is 8.32. The second-order valence-electron chi connectivity index (χ2n) is 7.53. The second kappa shape index (κ2) is 10.5. The Hall–Kier alpha value is -3.73. The van der Waals surface area contributed by atoms with Gasteiger partial charge < -0.3 is 19.9 Å². The lowest BCUT2D eigenvalue weighted by Gasteiger charge is -2.10. The molecule has 2 amide bonds. The highest BCUT2D eigenvalue weighted by atomic mass is 79.9. The normalized spacial score (nSPS) is 10.9. The molecule has 0 saturated heterocycles. The Morgan fingerprint density at radius 2 is 1.85 bits per heavy atom. The third-order valence-corrected chi connectivity index (χ3v) is 6.24. The molecule has 0 aliphatic carbocycles. The van der Waals surface area contributed by atoms with Crippen molar-refractivity contribution in [3.8, 4) is 5.75 Å². The highest BCUT2D eigenvalue weighted by Crippen LogP contribution is 2.25. The van der Waals surface area contributed by atoms with E-state index in [0.717, 1.165) is 26.6 Å². The number of nitrogens with one attached hydrogen (secondary N) is 2. The molecule has 2 heterocycles. The predicted molar refractivity (Wildman–Crippen MR) is 128 cm³/mol. The van der Waals surface area contributed by atoms with Gasteiger partial charge in [-0.3, -0.25) is 14.3 Å². The van der Waals surface area contributed by atoms with E-state index in [0.29, 0.717) is 11.6 Å². The van der Waals surface area contributed by atoms with Gasteiger partial charge in [0.15, 0.2) is 12.4 Å². The van der Waals surface area contributed by atoms with E-state index in [1.165, 1.54) is 0 Å². The molecule has 2 N–H and O–H groups in total. The maximum absolute atomic E-state index is 12.2. The molecule has 0 spiro atoms. The molecule has 0 aliphatic rings. The number of aryl methyl sites for hydroxylation is 1. The number of fused-ring (bicyclic) bond motifs is 1. The zero-order chi connectivity index (χ0) is 24.1. The number of amides is 2. The Morgan fingerprint density at radius 1 is 1.09 bits per heavy atom. The summed E-state index contributed by atoms with van der Waals surface area (Å²) in [6.07, 6.45) is 0. The predicted octanol–water partition coefficient (Wildman–Crippen LogP) is 2.77. The fraction of sp³-hybridized carbons (Fsp3) is 0.261. The van der Waals surface area contributed by atoms with Crippen LogP contribution in [0.2, 0.25) is 0 Å². The summed E-state index contributed by atoms with van der Waals surface area (Å²) < 4.78 is 13.3. The molecule has 2 aromatic carbocycles. The fourth-order valence-corrected chi connectivity index (χ4v) is 3.63. The van der Waals surface area contributed by atoms with Crippen LogP contribution in [0.1, 0.15) is 27.9 Å². The van der Waals surface area contributed by atoms with E-state index in [1.807, 2.05) is 56.3 Å². The Morgan fingerprint density at radius 3 is 2.65 bits per heavy atom. The lowest BCUT2D eigenvalue weighted by Crippen LogP contribution is -2.36. The molecule has 10 nitrogen and oxygen atoms in total. The Bertz CT molecular complexity index is 1330. The molecule has 176 valence electrons. The van der Waals surface area contributed by atoms with Crippen LogP contribution < -0.4 is 15.4 Å². The minimum Gasteiger partial charge on any atom is -0.483 e. The molecule has 0 radical (unpaired) electrons. The molecule has 0 bridgehead atoms. The fourth-order valence-electron chi connectivity index (χ4n) is 3.34. The highest BCUT2D eigenvalue weighted by molar-refractivity contribution is 9.10. The van der Waals surface area contributed by atoms with Gasteiger partial charge in [-0.2, -0.15) is 10.1 Å². The smallest absolute Gasteiger partial charge is 0.316 e. The van der Waals surface area contributed by atoms with Crippen LogP contribution in [-0.2, 0) is 11.3 Å². The Labute approximate surface area is 203 Å². The monoisotopic (exact) mass is 526 g/mol. The van der Waals surface area contributed by atoms with Crippen LogP contribution >= 0.6 is 15.9 Å². The number of rotatable bonds is 9. The van der Waals surface area contributed by atoms with Gasteiger partial charge in [0.05, 0.1) is 15.9 Å². The summed E-state index contributed by atoms with van der Waals surface area (Å²) in [5.74, 6) is 0.0118. The maximum Gasteiger partial charge on any atom is 0.316 e. The molecule has 0 unspecified atom stereocenters. The SMILES string of the molecule is Cc1nn(Cc2noc(C(=O)NCCNC(=O)COc3cccc4ccccc34)n2)c(C)c1Br. The number of aromatic nitrogens is 4. The van der Waals surface area contributed by atoms with Gasteiger partial charge in [0.25, 0.3) is 5.91 Å². The van der Waals surface area contributed by atoms with Crippen LogP contribution in [0.25, 0.3) is 10.8 Å². The van der Waals surface area contributed by atoms with Crippen molar-refractivity contribution in [2.75, 3.05) is 19.7 Å². The molecule has 11 heteroatoms. The van der Waals surface area contributed by atoms with E-state index < -0.39 is 5.91 Å². The standard InChI is InChI=1S/C23H23BrN6O4/c1-14-21(24)15(2)30(28-14)12-19-27-23(34-29-19)22(32)26-11-10-25-20(31)13-33-18-9-5-7-16-6-3-4-8-17(16)18/h3-9H,10-13H2,1-2H3,(H,25,31)(H,26,32). The van der Waals surface area contributed by atoms with E-state index in [-0.39, 0.29) is 38.0 Å². The third kappa shape index (κ3) is 5.42. The molecule has 2 aromatic heterocycles. The van der Waals surface area contributed by atoms with E-state index >= 15 is 0 Å². The van der Waals surface area contributed by atoms with Crippen LogP contribution in [0, 0.1) is 13.8 Å². The first-order valence-electron chi connectivity index (χ1n) is 10.6. The average molecular weight is 527 g/mol. The first kappa shape index (κ1) is 23.4. The Balaban J connectivity index is 1.20. The van der Waals surface area contributed by atoms with Crippen molar-refractivity contribution >= 4 is 38.5 Å². The topological polar surface area (TPSA) is 124 Å². The lowest BCUT2D eigenvalue weighted by atomic mass is 10.1. The van der Waals surface area contributed by atoms with Crippen molar-refractivity contribution in [2.24, 2.45) is 0 Å². The quantitative estimate of drug-likeness (QED) is 0.321. The summed E-state index contributed by atoms with van der Waals surface area (Å²) in [5.41, 5.74) is 1.78. The molecule has 34 heavy (non-hydrogen) atoms. The van der Waals surface area contributed by atoms with Crippen molar-refractivity contribution in [2.45, 2.75) is 20.4 Å². The first-order chi connectivity index (χ1) is 16.4. The van der Waals surface area contributed by atoms with Gasteiger partial charge in [0.2, 0.25) is 0 Å². The van der Waals surface area contributed by atoms with Gasteiger partial charge in [0.1, 0.15) is 12.3 Å². The molecular formula is C23H23BrN6O4. The van der Waals surface area contributed by atoms with Gasteiger partial charge in [-0.1, -0.05) is 41.6 Å². The number of carbonyl (C=O) groups excluding carboxylic acids is 2. The minimum absolute atomic E-state index is 0.128. The van der Waals surface area contributed by atoms with E-state index in [2.05, 4.69) is 41.8 Å². The molecule has 4 rings (SSSR count). The van der Waals surface area contributed by atoms with E-state index in [4.69, 9.17) is 9.26 Å². The number of nitrogens with zero attached hydrogens (tertiary/aromatic N) is 4. The molecule has 0 aliphatic heterocycles. The van der Waals surface area contributed by atoms with Crippen molar-refractivity contribution in [1.82, 2.24) is 30.6 Å². The summed E-state index contributed by atoms with van der Waals surface area (Å²) in [6.45, 7) is 4.38. The summed E-state index contributed by atoms with van der Waals surface area (Å²) in [7, 11) is 0. The maximum atomic E-state index is 12.2. The molecule has 4 aromatic rings. The largest absolute Gasteiger partial charge is 0.483 e. The van der Waals surface area contributed by atoms with Crippen molar-refractivity contribution in [3.05, 3.63) is 70.0 Å². The van der Waals surface area contributed by atoms with Crippen LogP contribution in [0.15, 0.2) is 51.5 Å². The lowest BCUT2D eigenvalue weighted by molar-refractivity contribution is -0.123. The number of hydrogen-bond donors (Lipinski definition) is 2. The number of halogens is 1. The zero-order valence-electron chi connectivity index (χ0n) is 18.7. The van der Waals surface area contributed by atoms with Crippen LogP contribution in [0.5, 0.6) is 5.75 Å². The highest BCUT2D eigenvalue weighted by Gasteiger charge is 2.17. The van der Waals surface area contributed by atoms with Crippen molar-refractivity contribution in [1.29, 1.82) is 0 Å². The first-order valence-corrected chi connectivity index (χ1v) is 11.4. The number of ether oxygens (including phenoxy) is 1. The van der Waals surface area contributed by atoms with Crippen LogP contribution in [0.3, 0.4) is 0 Å². The number of hydrogen-bond acceptors (Lipinski definition) is 7. The van der Waals surface area contributed by atoms with Crippen LogP contribution in [-0.4, -0.2) is 51.4 Å². The summed E-state index contributed by atoms with van der Waals surface area (Å²) in [5, 5.41) is 15.5. The van der Waals surface area contributed by atoms with Crippen LogP contribution in [0.4, 0.5) is 0 Å². The van der Waals surface area contributed by atoms with Gasteiger partial charge in [0, 0.05) is 18.5 Å². The molecular weight excluding hydrogens is 504 g/mol. The molecule has 0 saturated carbocycles. The van der Waals surface area contributed by atoms with Crippen molar-refractivity contribution in [3.63, 3.8) is 0 Å². The third-order valence-electron chi connectivity index (χ3n) is 5.09. The minimum atomic E-state index is -0.519. The van der Waals surface area contributed by atoms with Gasteiger partial charge in [-0.05, 0) is 41.2 Å². The average Bonchev–Trinajstić information content (AvgIpc) is 3.41. The summed E-state index contributed by atoms with van der Waals surface area (Å²) in [4.78, 5) is 28.5. The van der Waals surface area contributed by atoms with Gasteiger partial charge in [-0.25, -0.2) is 0 Å². The Kier molecular flexibility index (Phi) is 7.21. The molecule has 0 atom stereocenters. The molecule has 0 fully saturated rings. The van der Waals surface area contributed by atoms with E-state index in [1.54, 1.807) is 4.68 Å². The zero-order valence-corrected chi connectivity index (χ0v) is 20.3. The summed E-state index contributed by atoms with van der Waals surface area (Å²) >= 11 is 3.47. The summed E-state index contributed by atoms with van der Waals surface area (Å²) in [6, 6.07) is 13.5.